The molecule has 2 aromatic carbocycles. The van der Waals surface area contributed by atoms with Crippen LogP contribution in [0.1, 0.15) is 22.5 Å². The second-order valence-electron chi connectivity index (χ2n) is 5.96. The molecule has 0 spiro atoms. The summed E-state index contributed by atoms with van der Waals surface area (Å²) >= 11 is 0. The van der Waals surface area contributed by atoms with E-state index in [-0.39, 0.29) is 11.4 Å². The van der Waals surface area contributed by atoms with E-state index in [0.29, 0.717) is 11.4 Å². The van der Waals surface area contributed by atoms with E-state index < -0.39 is 0 Å². The van der Waals surface area contributed by atoms with Crippen molar-refractivity contribution < 1.29 is 0 Å². The fourth-order valence-corrected chi connectivity index (χ4v) is 3.12. The largest absolute Gasteiger partial charge is 0.303 e. The molecule has 0 aliphatic carbocycles. The van der Waals surface area contributed by atoms with Crippen molar-refractivity contribution in [2.75, 3.05) is 0 Å². The molecule has 2 aliphatic rings. The number of aryl methyl sites for hydroxylation is 2. The van der Waals surface area contributed by atoms with Crippen LogP contribution in [0, 0.1) is 36.5 Å². The zero-order chi connectivity index (χ0) is 17.6. The fourth-order valence-electron chi connectivity index (χ4n) is 3.12. The van der Waals surface area contributed by atoms with Gasteiger partial charge < -0.3 is 4.57 Å². The number of nitriles is 2. The Morgan fingerprint density at radius 3 is 2.28 bits per heavy atom. The third-order valence-electron chi connectivity index (χ3n) is 4.30. The number of hydrogen-bond donors (Lipinski definition) is 0. The average molecular weight is 323 g/mol. The first-order chi connectivity index (χ1) is 12.1. The summed E-state index contributed by atoms with van der Waals surface area (Å²) in [4.78, 5) is 8.80. The minimum atomic E-state index is 0.177. The van der Waals surface area contributed by atoms with Gasteiger partial charge in [0.1, 0.15) is 23.5 Å². The molecule has 0 atom stereocenters. The molecule has 2 aliphatic heterocycles. The van der Waals surface area contributed by atoms with Crippen LogP contribution < -0.4 is 0 Å². The van der Waals surface area contributed by atoms with Gasteiger partial charge in [0.05, 0.1) is 11.0 Å². The molecular formula is C20H13N5. The van der Waals surface area contributed by atoms with Gasteiger partial charge in [-0.2, -0.15) is 10.5 Å². The van der Waals surface area contributed by atoms with Crippen LogP contribution in [0.15, 0.2) is 42.5 Å². The van der Waals surface area contributed by atoms with Gasteiger partial charge in [-0.3, -0.25) is 0 Å². The number of aromatic nitrogens is 3. The predicted molar refractivity (Wildman–Crippen MR) is 94.4 cm³/mol. The van der Waals surface area contributed by atoms with Crippen LogP contribution in [0.25, 0.3) is 28.1 Å². The lowest BCUT2D eigenvalue weighted by molar-refractivity contribution is 1.07. The second kappa shape index (κ2) is 5.43. The van der Waals surface area contributed by atoms with E-state index >= 15 is 0 Å². The highest BCUT2D eigenvalue weighted by Crippen LogP contribution is 2.34. The molecule has 118 valence electrons. The highest BCUT2D eigenvalue weighted by molar-refractivity contribution is 5.88. The third-order valence-corrected chi connectivity index (χ3v) is 4.30. The first-order valence-electron chi connectivity index (χ1n) is 7.83. The van der Waals surface area contributed by atoms with Crippen molar-refractivity contribution >= 4 is 11.0 Å². The lowest BCUT2D eigenvalue weighted by Crippen LogP contribution is -2.07. The Bertz CT molecular complexity index is 1170. The maximum absolute atomic E-state index is 9.54. The van der Waals surface area contributed by atoms with Crippen LogP contribution in [0.4, 0.5) is 0 Å². The second-order valence-corrected chi connectivity index (χ2v) is 5.96. The molecule has 0 saturated heterocycles. The summed E-state index contributed by atoms with van der Waals surface area (Å²) in [6, 6.07) is 18.1. The van der Waals surface area contributed by atoms with E-state index in [4.69, 9.17) is 0 Å². The van der Waals surface area contributed by atoms with Gasteiger partial charge in [-0.25, -0.2) is 9.97 Å². The topological polar surface area (TPSA) is 78.3 Å². The van der Waals surface area contributed by atoms with E-state index in [1.165, 1.54) is 0 Å². The van der Waals surface area contributed by atoms with Crippen molar-refractivity contribution in [3.8, 4) is 29.2 Å². The molecule has 0 amide bonds. The van der Waals surface area contributed by atoms with Gasteiger partial charge in [0.15, 0.2) is 11.4 Å². The smallest absolute Gasteiger partial charge is 0.169 e. The Morgan fingerprint density at radius 2 is 1.60 bits per heavy atom. The predicted octanol–water partition coefficient (Wildman–Crippen LogP) is 3.89. The standard InChI is InChI=1S/C20H13N5/c1-12-6-8-14(9-7-12)25-19-13(2)4-3-5-15(19)24-18-16(10-21)23-17(11-22)20(18)25/h3-9H,1-2H3. The van der Waals surface area contributed by atoms with E-state index in [9.17, 15) is 10.5 Å². The van der Waals surface area contributed by atoms with Gasteiger partial charge in [0.2, 0.25) is 0 Å². The summed E-state index contributed by atoms with van der Waals surface area (Å²) < 4.78 is 1.98. The van der Waals surface area contributed by atoms with Crippen LogP contribution in [0.2, 0.25) is 0 Å². The van der Waals surface area contributed by atoms with Crippen LogP contribution >= 0.6 is 0 Å². The average Bonchev–Trinajstić information content (AvgIpc) is 2.98. The highest BCUT2D eigenvalue weighted by Gasteiger charge is 2.26. The summed E-state index contributed by atoms with van der Waals surface area (Å²) in [6.45, 7) is 4.03. The summed E-state index contributed by atoms with van der Waals surface area (Å²) in [5.74, 6) is 0. The molecule has 2 heterocycles. The summed E-state index contributed by atoms with van der Waals surface area (Å²) in [7, 11) is 0. The van der Waals surface area contributed by atoms with Crippen molar-refractivity contribution in [3.63, 3.8) is 0 Å². The van der Waals surface area contributed by atoms with Crippen LogP contribution in [0.5, 0.6) is 0 Å². The van der Waals surface area contributed by atoms with E-state index in [1.807, 2.05) is 60.9 Å². The Morgan fingerprint density at radius 1 is 0.880 bits per heavy atom. The Kier molecular flexibility index (Phi) is 3.23. The minimum absolute atomic E-state index is 0.177. The number of nitrogens with zero attached hydrogens (tertiary/aromatic N) is 5. The molecule has 5 nitrogen and oxygen atoms in total. The SMILES string of the molecule is Cc1ccc(-n2c3c(C#N)nc(C#N)c-3nc3cccc(C)c32)cc1. The van der Waals surface area contributed by atoms with Gasteiger partial charge in [-0.05, 0) is 37.6 Å². The molecule has 25 heavy (non-hydrogen) atoms. The van der Waals surface area contributed by atoms with E-state index in [2.05, 4.69) is 22.1 Å². The highest BCUT2D eigenvalue weighted by atomic mass is 15.1. The van der Waals surface area contributed by atoms with Gasteiger partial charge in [0, 0.05) is 5.69 Å². The number of benzene rings is 2. The summed E-state index contributed by atoms with van der Waals surface area (Å²) in [6.07, 6.45) is 0. The number of para-hydroxylation sites is 1. The Balaban J connectivity index is 2.26. The summed E-state index contributed by atoms with van der Waals surface area (Å²) in [5, 5.41) is 18.9. The lowest BCUT2D eigenvalue weighted by atomic mass is 10.1. The third kappa shape index (κ3) is 2.14. The minimum Gasteiger partial charge on any atom is -0.303 e. The van der Waals surface area contributed by atoms with Gasteiger partial charge in [-0.15, -0.1) is 0 Å². The number of hydrogen-bond acceptors (Lipinski definition) is 4. The molecule has 0 saturated carbocycles. The van der Waals surface area contributed by atoms with Gasteiger partial charge >= 0.3 is 0 Å². The molecule has 0 fully saturated rings. The zero-order valence-electron chi connectivity index (χ0n) is 13.8. The Labute approximate surface area is 144 Å². The number of fused-ring (bicyclic) bond motifs is 2. The van der Waals surface area contributed by atoms with Crippen LogP contribution in [0.3, 0.4) is 0 Å². The van der Waals surface area contributed by atoms with Crippen molar-refractivity contribution in [1.29, 1.82) is 10.5 Å². The zero-order valence-corrected chi connectivity index (χ0v) is 13.8. The van der Waals surface area contributed by atoms with Gasteiger partial charge in [0.25, 0.3) is 0 Å². The van der Waals surface area contributed by atoms with Crippen molar-refractivity contribution in [1.82, 2.24) is 14.5 Å². The van der Waals surface area contributed by atoms with Crippen LogP contribution in [-0.2, 0) is 0 Å². The molecule has 0 bridgehead atoms. The van der Waals surface area contributed by atoms with Crippen molar-refractivity contribution in [2.45, 2.75) is 13.8 Å². The molecule has 0 aromatic heterocycles. The maximum atomic E-state index is 9.54. The van der Waals surface area contributed by atoms with Crippen molar-refractivity contribution in [3.05, 3.63) is 65.0 Å². The normalized spacial score (nSPS) is 10.7. The molecule has 0 radical (unpaired) electrons. The Hall–Kier alpha value is -3.70. The molecular weight excluding hydrogens is 310 g/mol. The summed E-state index contributed by atoms with van der Waals surface area (Å²) in [5.41, 5.74) is 6.19. The fraction of sp³-hybridized carbons (Fsp3) is 0.100. The number of rotatable bonds is 1. The molecule has 5 heteroatoms. The first kappa shape index (κ1) is 14.9. The van der Waals surface area contributed by atoms with Gasteiger partial charge in [-0.1, -0.05) is 29.8 Å². The quantitative estimate of drug-likeness (QED) is 0.532. The van der Waals surface area contributed by atoms with Crippen LogP contribution in [-0.4, -0.2) is 14.5 Å². The monoisotopic (exact) mass is 323 g/mol. The molecule has 4 rings (SSSR count). The molecule has 2 aromatic rings. The van der Waals surface area contributed by atoms with E-state index in [1.54, 1.807) is 0 Å². The first-order valence-corrected chi connectivity index (χ1v) is 7.83. The lowest BCUT2D eigenvalue weighted by Gasteiger charge is -2.18. The molecule has 0 unspecified atom stereocenters. The molecule has 0 N–H and O–H groups in total. The maximum Gasteiger partial charge on any atom is 0.169 e. The van der Waals surface area contributed by atoms with E-state index in [0.717, 1.165) is 27.8 Å². The van der Waals surface area contributed by atoms with Crippen molar-refractivity contribution in [2.24, 2.45) is 0 Å².